The first-order valence-electron chi connectivity index (χ1n) is 4.88. The van der Waals surface area contributed by atoms with Crippen LogP contribution in [-0.2, 0) is 6.42 Å². The highest BCUT2D eigenvalue weighted by molar-refractivity contribution is 9.24. The molecule has 0 saturated heterocycles. The maximum atomic E-state index is 4.61. The molecule has 2 aromatic rings. The molecule has 15 heavy (non-hydrogen) atoms. The van der Waals surface area contributed by atoms with Gasteiger partial charge in [-0.05, 0) is 25.0 Å². The number of pyridine rings is 1. The summed E-state index contributed by atoms with van der Waals surface area (Å²) in [5, 5.41) is 1.20. The molecule has 0 spiro atoms. The highest BCUT2D eigenvalue weighted by Gasteiger charge is 2.01. The monoisotopic (exact) mass is 327 g/mol. The van der Waals surface area contributed by atoms with Crippen molar-refractivity contribution in [1.29, 1.82) is 0 Å². The van der Waals surface area contributed by atoms with Crippen molar-refractivity contribution < 1.29 is 0 Å². The summed E-state index contributed by atoms with van der Waals surface area (Å²) < 4.78 is 0.373. The third kappa shape index (κ3) is 3.02. The average Bonchev–Trinajstić information content (AvgIpc) is 2.26. The molecule has 0 aliphatic rings. The van der Waals surface area contributed by atoms with Crippen LogP contribution in [0.25, 0.3) is 10.9 Å². The summed E-state index contributed by atoms with van der Waals surface area (Å²) in [6, 6.07) is 12.4. The number of aromatic nitrogens is 1. The summed E-state index contributed by atoms with van der Waals surface area (Å²) in [7, 11) is 0. The molecule has 78 valence electrons. The summed E-state index contributed by atoms with van der Waals surface area (Å²) in [6.07, 6.45) is 2.04. The normalized spacial score (nSPS) is 11.1. The number of alkyl halides is 2. The highest BCUT2D eigenvalue weighted by Crippen LogP contribution is 2.17. The third-order valence-corrected chi connectivity index (χ3v) is 3.19. The summed E-state index contributed by atoms with van der Waals surface area (Å²) >= 11 is 6.94. The number of aryl methyl sites for hydroxylation is 1. The van der Waals surface area contributed by atoms with Crippen molar-refractivity contribution in [3.05, 3.63) is 42.1 Å². The number of fused-ring (bicyclic) bond motifs is 1. The molecule has 0 fully saturated rings. The van der Waals surface area contributed by atoms with Crippen LogP contribution in [0, 0.1) is 0 Å². The van der Waals surface area contributed by atoms with Crippen LogP contribution in [0.2, 0.25) is 0 Å². The number of halogens is 2. The number of para-hydroxylation sites is 1. The van der Waals surface area contributed by atoms with Crippen molar-refractivity contribution in [1.82, 2.24) is 4.98 Å². The average molecular weight is 329 g/mol. The first-order chi connectivity index (χ1) is 7.25. The molecule has 2 rings (SSSR count). The predicted octanol–water partition coefficient (Wildman–Crippen LogP) is 4.28. The molecule has 0 aliphatic heterocycles. The van der Waals surface area contributed by atoms with Gasteiger partial charge in [0.2, 0.25) is 0 Å². The van der Waals surface area contributed by atoms with Gasteiger partial charge in [-0.3, -0.25) is 4.98 Å². The fourth-order valence-electron chi connectivity index (χ4n) is 1.50. The molecule has 0 amide bonds. The fourth-order valence-corrected chi connectivity index (χ4v) is 1.96. The highest BCUT2D eigenvalue weighted by atomic mass is 79.9. The molecular weight excluding hydrogens is 318 g/mol. The summed E-state index contributed by atoms with van der Waals surface area (Å²) in [4.78, 5) is 4.61. The molecule has 0 aliphatic carbocycles. The minimum Gasteiger partial charge on any atom is -0.253 e. The summed E-state index contributed by atoms with van der Waals surface area (Å²) in [6.45, 7) is 0. The van der Waals surface area contributed by atoms with Crippen molar-refractivity contribution in [2.75, 3.05) is 0 Å². The standard InChI is InChI=1S/C12H11Br2N/c13-12(14)8-7-10-6-5-9-3-1-2-4-11(9)15-10/h1-6,12H,7-8H2. The van der Waals surface area contributed by atoms with E-state index in [4.69, 9.17) is 0 Å². The van der Waals surface area contributed by atoms with E-state index < -0.39 is 0 Å². The Kier molecular flexibility index (Phi) is 3.76. The second kappa shape index (κ2) is 5.08. The zero-order valence-electron chi connectivity index (χ0n) is 8.16. The Morgan fingerprint density at radius 2 is 1.87 bits per heavy atom. The minimum absolute atomic E-state index is 0.373. The van der Waals surface area contributed by atoms with Gasteiger partial charge in [-0.1, -0.05) is 56.1 Å². The van der Waals surface area contributed by atoms with Crippen LogP contribution >= 0.6 is 31.9 Å². The van der Waals surface area contributed by atoms with Gasteiger partial charge < -0.3 is 0 Å². The van der Waals surface area contributed by atoms with Gasteiger partial charge in [0.1, 0.15) is 0 Å². The quantitative estimate of drug-likeness (QED) is 0.766. The topological polar surface area (TPSA) is 12.9 Å². The molecule has 0 bridgehead atoms. The van der Waals surface area contributed by atoms with Crippen LogP contribution in [0.1, 0.15) is 12.1 Å². The number of hydrogen-bond donors (Lipinski definition) is 0. The van der Waals surface area contributed by atoms with Crippen molar-refractivity contribution >= 4 is 42.8 Å². The van der Waals surface area contributed by atoms with E-state index in [0.717, 1.165) is 24.1 Å². The second-order valence-electron chi connectivity index (χ2n) is 3.43. The molecular formula is C12H11Br2N. The molecule has 1 aromatic heterocycles. The van der Waals surface area contributed by atoms with Crippen LogP contribution in [0.3, 0.4) is 0 Å². The molecule has 1 heterocycles. The number of rotatable bonds is 3. The van der Waals surface area contributed by atoms with Crippen molar-refractivity contribution in [3.8, 4) is 0 Å². The first-order valence-corrected chi connectivity index (χ1v) is 6.71. The lowest BCUT2D eigenvalue weighted by molar-refractivity contribution is 0.887. The largest absolute Gasteiger partial charge is 0.253 e. The van der Waals surface area contributed by atoms with Gasteiger partial charge in [0, 0.05) is 11.1 Å². The van der Waals surface area contributed by atoms with E-state index in [1.54, 1.807) is 0 Å². The second-order valence-corrected chi connectivity index (χ2v) is 6.86. The number of benzene rings is 1. The van der Waals surface area contributed by atoms with Crippen LogP contribution < -0.4 is 0 Å². The lowest BCUT2D eigenvalue weighted by atomic mass is 10.1. The zero-order valence-corrected chi connectivity index (χ0v) is 11.3. The SMILES string of the molecule is BrC(Br)CCc1ccc2ccccc2n1. The Morgan fingerprint density at radius 1 is 1.07 bits per heavy atom. The summed E-state index contributed by atoms with van der Waals surface area (Å²) in [5.74, 6) is 0. The number of nitrogens with zero attached hydrogens (tertiary/aromatic N) is 1. The van der Waals surface area contributed by atoms with E-state index >= 15 is 0 Å². The molecule has 0 N–H and O–H groups in total. The molecule has 0 atom stereocenters. The predicted molar refractivity (Wildman–Crippen MR) is 71.7 cm³/mol. The fraction of sp³-hybridized carbons (Fsp3) is 0.250. The lowest BCUT2D eigenvalue weighted by Crippen LogP contribution is -1.94. The molecule has 0 unspecified atom stereocenters. The number of hydrogen-bond acceptors (Lipinski definition) is 1. The van der Waals surface area contributed by atoms with Crippen molar-refractivity contribution in [3.63, 3.8) is 0 Å². The van der Waals surface area contributed by atoms with E-state index in [-0.39, 0.29) is 0 Å². The van der Waals surface area contributed by atoms with Crippen LogP contribution in [0.15, 0.2) is 36.4 Å². The van der Waals surface area contributed by atoms with Gasteiger partial charge in [0.05, 0.1) is 9.25 Å². The van der Waals surface area contributed by atoms with Crippen molar-refractivity contribution in [2.45, 2.75) is 16.6 Å². The van der Waals surface area contributed by atoms with Gasteiger partial charge in [-0.2, -0.15) is 0 Å². The Bertz CT molecular complexity index is 454. The molecule has 0 saturated carbocycles. The van der Waals surface area contributed by atoms with E-state index in [1.807, 2.05) is 12.1 Å². The first kappa shape index (κ1) is 11.1. The van der Waals surface area contributed by atoms with E-state index in [2.05, 4.69) is 61.1 Å². The van der Waals surface area contributed by atoms with Crippen LogP contribution in [0.4, 0.5) is 0 Å². The van der Waals surface area contributed by atoms with Gasteiger partial charge in [-0.25, -0.2) is 0 Å². The Labute approximate surface area is 106 Å². The van der Waals surface area contributed by atoms with E-state index in [9.17, 15) is 0 Å². The Balaban J connectivity index is 2.23. The van der Waals surface area contributed by atoms with E-state index in [0.29, 0.717) is 3.74 Å². The Hall–Kier alpha value is -0.410. The minimum atomic E-state index is 0.373. The molecule has 1 aromatic carbocycles. The van der Waals surface area contributed by atoms with Crippen LogP contribution in [0.5, 0.6) is 0 Å². The van der Waals surface area contributed by atoms with Crippen LogP contribution in [-0.4, -0.2) is 8.72 Å². The zero-order chi connectivity index (χ0) is 10.7. The van der Waals surface area contributed by atoms with Gasteiger partial charge in [0.25, 0.3) is 0 Å². The van der Waals surface area contributed by atoms with Gasteiger partial charge in [-0.15, -0.1) is 0 Å². The van der Waals surface area contributed by atoms with Gasteiger partial charge in [0.15, 0.2) is 0 Å². The van der Waals surface area contributed by atoms with E-state index in [1.165, 1.54) is 5.39 Å². The smallest absolute Gasteiger partial charge is 0.0705 e. The van der Waals surface area contributed by atoms with Crippen molar-refractivity contribution in [2.24, 2.45) is 0 Å². The maximum absolute atomic E-state index is 4.61. The summed E-state index contributed by atoms with van der Waals surface area (Å²) in [5.41, 5.74) is 2.23. The lowest BCUT2D eigenvalue weighted by Gasteiger charge is -2.03. The maximum Gasteiger partial charge on any atom is 0.0705 e. The van der Waals surface area contributed by atoms with Gasteiger partial charge >= 0.3 is 0 Å². The Morgan fingerprint density at radius 3 is 2.67 bits per heavy atom. The third-order valence-electron chi connectivity index (χ3n) is 2.27. The molecule has 0 radical (unpaired) electrons. The molecule has 3 heteroatoms. The molecule has 1 nitrogen and oxygen atoms in total.